The van der Waals surface area contributed by atoms with Gasteiger partial charge in [-0.05, 0) is 40.8 Å². The second kappa shape index (κ2) is 5.39. The number of rotatable bonds is 1. The molecule has 0 amide bonds. The first kappa shape index (κ1) is 15.1. The van der Waals surface area contributed by atoms with Crippen LogP contribution in [0.1, 0.15) is 28.8 Å². The van der Waals surface area contributed by atoms with Crippen LogP contribution >= 0.6 is 15.9 Å². The van der Waals surface area contributed by atoms with Crippen molar-refractivity contribution in [1.82, 2.24) is 14.4 Å². The number of anilines is 1. The van der Waals surface area contributed by atoms with Gasteiger partial charge in [0.1, 0.15) is 0 Å². The monoisotopic (exact) mass is 396 g/mol. The van der Waals surface area contributed by atoms with Gasteiger partial charge in [-0.1, -0.05) is 24.3 Å². The second-order valence-electron chi connectivity index (χ2n) is 6.96. The fraction of sp³-hybridized carbons (Fsp3) is 0.316. The van der Waals surface area contributed by atoms with Gasteiger partial charge < -0.3 is 4.90 Å². The molecule has 0 N–H and O–H groups in total. The summed E-state index contributed by atoms with van der Waals surface area (Å²) in [6.07, 6.45) is 8.14. The van der Waals surface area contributed by atoms with Crippen molar-refractivity contribution in [1.29, 1.82) is 0 Å². The Morgan fingerprint density at radius 3 is 2.72 bits per heavy atom. The quantitative estimate of drug-likeness (QED) is 0.631. The van der Waals surface area contributed by atoms with Gasteiger partial charge in [0.25, 0.3) is 0 Å². The lowest BCUT2D eigenvalue weighted by Crippen LogP contribution is -2.44. The Bertz CT molecular complexity index is 988. The molecular weight excluding hydrogens is 380 g/mol. The van der Waals surface area contributed by atoms with E-state index in [9.17, 15) is 4.79 Å². The fourth-order valence-electron chi connectivity index (χ4n) is 4.27. The maximum atomic E-state index is 13.0. The molecule has 126 valence electrons. The SMILES string of the molecule is O=C1c2ccccc2CC12CCN(c1ncc(Br)c3nccn13)CC2. The van der Waals surface area contributed by atoms with E-state index in [2.05, 4.69) is 36.9 Å². The van der Waals surface area contributed by atoms with Crippen molar-refractivity contribution in [2.45, 2.75) is 19.3 Å². The van der Waals surface area contributed by atoms with Crippen LogP contribution in [-0.4, -0.2) is 33.2 Å². The molecule has 3 aromatic rings. The van der Waals surface area contributed by atoms with Crippen molar-refractivity contribution >= 4 is 33.3 Å². The lowest BCUT2D eigenvalue weighted by atomic mass is 9.75. The number of aromatic nitrogens is 3. The first-order chi connectivity index (χ1) is 12.2. The summed E-state index contributed by atoms with van der Waals surface area (Å²) in [7, 11) is 0. The highest BCUT2D eigenvalue weighted by Gasteiger charge is 2.47. The lowest BCUT2D eigenvalue weighted by molar-refractivity contribution is 0.0774. The molecule has 1 aliphatic heterocycles. The molecule has 0 saturated carbocycles. The molecule has 0 atom stereocenters. The number of imidazole rings is 1. The largest absolute Gasteiger partial charge is 0.342 e. The molecule has 5 rings (SSSR count). The average Bonchev–Trinajstić information content (AvgIpc) is 3.22. The Morgan fingerprint density at radius 2 is 1.92 bits per heavy atom. The third-order valence-corrected chi connectivity index (χ3v) is 6.20. The molecule has 1 spiro atoms. The van der Waals surface area contributed by atoms with Gasteiger partial charge in [0.05, 0.1) is 4.47 Å². The lowest BCUT2D eigenvalue weighted by Gasteiger charge is -2.38. The molecule has 0 radical (unpaired) electrons. The van der Waals surface area contributed by atoms with E-state index in [1.54, 1.807) is 12.4 Å². The Kier molecular flexibility index (Phi) is 3.25. The van der Waals surface area contributed by atoms with E-state index >= 15 is 0 Å². The Hall–Kier alpha value is -2.21. The molecule has 1 aromatic carbocycles. The predicted molar refractivity (Wildman–Crippen MR) is 99.0 cm³/mol. The first-order valence-electron chi connectivity index (χ1n) is 8.53. The summed E-state index contributed by atoms with van der Waals surface area (Å²) >= 11 is 3.50. The number of benzene rings is 1. The molecular formula is C19H17BrN4O. The topological polar surface area (TPSA) is 50.5 Å². The maximum absolute atomic E-state index is 13.0. The molecule has 6 heteroatoms. The number of nitrogens with zero attached hydrogens (tertiary/aromatic N) is 4. The Balaban J connectivity index is 1.43. The van der Waals surface area contributed by atoms with Crippen LogP contribution in [0.25, 0.3) is 5.65 Å². The zero-order valence-electron chi connectivity index (χ0n) is 13.7. The Morgan fingerprint density at radius 1 is 1.12 bits per heavy atom. The van der Waals surface area contributed by atoms with Crippen LogP contribution in [0.2, 0.25) is 0 Å². The third-order valence-electron chi connectivity index (χ3n) is 5.64. The van der Waals surface area contributed by atoms with Gasteiger partial charge >= 0.3 is 0 Å². The van der Waals surface area contributed by atoms with Crippen molar-refractivity contribution in [3.05, 3.63) is 58.5 Å². The van der Waals surface area contributed by atoms with E-state index in [0.29, 0.717) is 5.78 Å². The van der Waals surface area contributed by atoms with Crippen LogP contribution in [0.5, 0.6) is 0 Å². The summed E-state index contributed by atoms with van der Waals surface area (Å²) < 4.78 is 2.89. The van der Waals surface area contributed by atoms with E-state index in [0.717, 1.165) is 54.0 Å². The van der Waals surface area contributed by atoms with Gasteiger partial charge in [0, 0.05) is 42.7 Å². The molecule has 1 aliphatic carbocycles. The molecule has 2 aliphatic rings. The summed E-state index contributed by atoms with van der Waals surface area (Å²) in [5.74, 6) is 1.23. The number of hydrogen-bond acceptors (Lipinski definition) is 4. The van der Waals surface area contributed by atoms with Gasteiger partial charge in [-0.3, -0.25) is 9.20 Å². The predicted octanol–water partition coefficient (Wildman–Crippen LogP) is 3.52. The molecule has 2 aromatic heterocycles. The third kappa shape index (κ3) is 2.16. The van der Waals surface area contributed by atoms with Crippen LogP contribution in [0.4, 0.5) is 5.95 Å². The maximum Gasteiger partial charge on any atom is 0.211 e. The number of carbonyl (C=O) groups excluding carboxylic acids is 1. The van der Waals surface area contributed by atoms with E-state index in [-0.39, 0.29) is 5.41 Å². The van der Waals surface area contributed by atoms with Crippen molar-refractivity contribution < 1.29 is 4.79 Å². The van der Waals surface area contributed by atoms with Crippen LogP contribution < -0.4 is 4.90 Å². The van der Waals surface area contributed by atoms with E-state index in [1.165, 1.54) is 5.56 Å². The normalized spacial score (nSPS) is 18.9. The zero-order valence-corrected chi connectivity index (χ0v) is 15.2. The van der Waals surface area contributed by atoms with Gasteiger partial charge in [0.2, 0.25) is 5.95 Å². The van der Waals surface area contributed by atoms with Gasteiger partial charge in [-0.25, -0.2) is 9.97 Å². The number of hydrogen-bond donors (Lipinski definition) is 0. The van der Waals surface area contributed by atoms with E-state index in [1.807, 2.05) is 28.8 Å². The minimum atomic E-state index is -0.219. The Labute approximate surface area is 153 Å². The molecule has 1 fully saturated rings. The fourth-order valence-corrected chi connectivity index (χ4v) is 4.67. The molecule has 0 unspecified atom stereocenters. The van der Waals surface area contributed by atoms with Crippen molar-refractivity contribution in [3.8, 4) is 0 Å². The van der Waals surface area contributed by atoms with Crippen LogP contribution in [-0.2, 0) is 6.42 Å². The van der Waals surface area contributed by atoms with E-state index < -0.39 is 0 Å². The summed E-state index contributed by atoms with van der Waals surface area (Å²) in [5.41, 5.74) is 2.79. The minimum absolute atomic E-state index is 0.219. The number of piperidine rings is 1. The van der Waals surface area contributed by atoms with Crippen molar-refractivity contribution in [2.24, 2.45) is 5.41 Å². The summed E-state index contributed by atoms with van der Waals surface area (Å²) in [5, 5.41) is 0. The molecule has 0 bridgehead atoms. The zero-order chi connectivity index (χ0) is 17.0. The molecule has 3 heterocycles. The first-order valence-corrected chi connectivity index (χ1v) is 9.32. The standard InChI is InChI=1S/C19H17BrN4O/c20-15-12-22-18(24-10-7-21-17(15)24)23-8-5-19(6-9-23)11-13-3-1-2-4-14(13)16(19)25/h1-4,7,10,12H,5-6,8-9,11H2. The highest BCUT2D eigenvalue weighted by molar-refractivity contribution is 9.10. The van der Waals surface area contributed by atoms with Crippen molar-refractivity contribution in [2.75, 3.05) is 18.0 Å². The average molecular weight is 397 g/mol. The number of ketones is 1. The second-order valence-corrected chi connectivity index (χ2v) is 7.81. The number of fused-ring (bicyclic) bond motifs is 2. The van der Waals surface area contributed by atoms with Gasteiger partial charge in [-0.2, -0.15) is 0 Å². The highest BCUT2D eigenvalue weighted by atomic mass is 79.9. The van der Waals surface area contributed by atoms with Crippen LogP contribution in [0.3, 0.4) is 0 Å². The molecule has 1 saturated heterocycles. The van der Waals surface area contributed by atoms with Gasteiger partial charge in [0.15, 0.2) is 11.4 Å². The summed E-state index contributed by atoms with van der Waals surface area (Å²) in [6.45, 7) is 1.67. The van der Waals surface area contributed by atoms with Gasteiger partial charge in [-0.15, -0.1) is 0 Å². The van der Waals surface area contributed by atoms with Crippen LogP contribution in [0, 0.1) is 5.41 Å². The van der Waals surface area contributed by atoms with E-state index in [4.69, 9.17) is 0 Å². The summed E-state index contributed by atoms with van der Waals surface area (Å²) in [6, 6.07) is 8.07. The number of carbonyl (C=O) groups is 1. The van der Waals surface area contributed by atoms with Crippen LogP contribution in [0.15, 0.2) is 47.3 Å². The summed E-state index contributed by atoms with van der Waals surface area (Å²) in [4.78, 5) is 24.2. The minimum Gasteiger partial charge on any atom is -0.342 e. The number of halogens is 1. The molecule has 5 nitrogen and oxygen atoms in total. The highest BCUT2D eigenvalue weighted by Crippen LogP contribution is 2.44. The smallest absolute Gasteiger partial charge is 0.211 e. The molecule has 25 heavy (non-hydrogen) atoms. The van der Waals surface area contributed by atoms with Crippen molar-refractivity contribution in [3.63, 3.8) is 0 Å². The number of Topliss-reactive ketones (excluding diaryl/α,β-unsaturated/α-hetero) is 1.